The van der Waals surface area contributed by atoms with E-state index >= 15 is 0 Å². The molecule has 20 heavy (non-hydrogen) atoms. The van der Waals surface area contributed by atoms with E-state index in [0.29, 0.717) is 53.5 Å². The van der Waals surface area contributed by atoms with E-state index in [9.17, 15) is 4.79 Å². The zero-order valence-electron chi connectivity index (χ0n) is 11.4. The maximum absolute atomic E-state index is 12.0. The number of nitrogens with zero attached hydrogens (tertiary/aromatic N) is 2. The molecule has 2 rings (SSSR count). The number of carbonyl (C=O) groups is 1. The van der Waals surface area contributed by atoms with Gasteiger partial charge >= 0.3 is 0 Å². The molecule has 0 radical (unpaired) electrons. The van der Waals surface area contributed by atoms with Gasteiger partial charge in [-0.1, -0.05) is 23.2 Å². The number of rotatable bonds is 3. The predicted molar refractivity (Wildman–Crippen MR) is 76.6 cm³/mol. The zero-order chi connectivity index (χ0) is 14.7. The van der Waals surface area contributed by atoms with Crippen molar-refractivity contribution in [2.24, 2.45) is 0 Å². The van der Waals surface area contributed by atoms with Gasteiger partial charge in [0, 0.05) is 13.1 Å². The van der Waals surface area contributed by atoms with Crippen molar-refractivity contribution in [3.05, 3.63) is 21.4 Å². The fourth-order valence-corrected chi connectivity index (χ4v) is 2.37. The second-order valence-electron chi connectivity index (χ2n) is 4.52. The van der Waals surface area contributed by atoms with E-state index in [1.165, 1.54) is 0 Å². The number of hydrogen-bond donors (Lipinski definition) is 0. The number of halogens is 2. The zero-order valence-corrected chi connectivity index (χ0v) is 12.9. The SMILES string of the molecule is Cc1nc(C)c(Cl)c(OCC(=O)N2CCOCC2)c1Cl. The lowest BCUT2D eigenvalue weighted by atomic mass is 10.3. The van der Waals surface area contributed by atoms with E-state index in [2.05, 4.69) is 4.98 Å². The standard InChI is InChI=1S/C13H16Cl2N2O3/c1-8-11(14)13(12(15)9(2)16-8)20-7-10(18)17-3-5-19-6-4-17/h3-7H2,1-2H3. The molecular weight excluding hydrogens is 303 g/mol. The summed E-state index contributed by atoms with van der Waals surface area (Å²) in [7, 11) is 0. The first-order valence-electron chi connectivity index (χ1n) is 6.31. The third-order valence-corrected chi connectivity index (χ3v) is 3.96. The average molecular weight is 319 g/mol. The molecule has 1 saturated heterocycles. The molecule has 1 amide bonds. The highest BCUT2D eigenvalue weighted by molar-refractivity contribution is 6.37. The number of pyridine rings is 1. The maximum Gasteiger partial charge on any atom is 0.260 e. The van der Waals surface area contributed by atoms with E-state index in [4.69, 9.17) is 32.7 Å². The molecule has 110 valence electrons. The van der Waals surface area contributed by atoms with Gasteiger partial charge in [0.25, 0.3) is 5.91 Å². The Labute approximate surface area is 127 Å². The molecule has 0 atom stereocenters. The normalized spacial score (nSPS) is 15.3. The number of morpholine rings is 1. The molecule has 5 nitrogen and oxygen atoms in total. The van der Waals surface area contributed by atoms with Crippen LogP contribution in [0.4, 0.5) is 0 Å². The maximum atomic E-state index is 12.0. The van der Waals surface area contributed by atoms with E-state index in [1.807, 2.05) is 0 Å². The van der Waals surface area contributed by atoms with Crippen molar-refractivity contribution in [2.75, 3.05) is 32.9 Å². The van der Waals surface area contributed by atoms with Crippen LogP contribution in [0.1, 0.15) is 11.4 Å². The van der Waals surface area contributed by atoms with E-state index in [-0.39, 0.29) is 12.5 Å². The molecule has 2 heterocycles. The largest absolute Gasteiger partial charge is 0.480 e. The Morgan fingerprint density at radius 2 is 1.80 bits per heavy atom. The molecule has 0 aromatic carbocycles. The molecule has 0 N–H and O–H groups in total. The minimum absolute atomic E-state index is 0.0949. The average Bonchev–Trinajstić information content (AvgIpc) is 2.46. The summed E-state index contributed by atoms with van der Waals surface area (Å²) in [5.74, 6) is 0.215. The molecule has 0 unspecified atom stereocenters. The van der Waals surface area contributed by atoms with Gasteiger partial charge in [-0.25, -0.2) is 0 Å². The van der Waals surface area contributed by atoms with E-state index in [1.54, 1.807) is 18.7 Å². The number of aryl methyl sites for hydroxylation is 2. The highest BCUT2D eigenvalue weighted by Gasteiger charge is 2.20. The molecule has 0 bridgehead atoms. The molecule has 0 saturated carbocycles. The molecule has 1 fully saturated rings. The van der Waals surface area contributed by atoms with Crippen LogP contribution in [0.15, 0.2) is 0 Å². The third kappa shape index (κ3) is 3.34. The Morgan fingerprint density at radius 3 is 2.35 bits per heavy atom. The first-order chi connectivity index (χ1) is 9.50. The van der Waals surface area contributed by atoms with Crippen LogP contribution >= 0.6 is 23.2 Å². The van der Waals surface area contributed by atoms with Crippen LogP contribution in [0.25, 0.3) is 0 Å². The molecule has 0 spiro atoms. The fraction of sp³-hybridized carbons (Fsp3) is 0.538. The molecule has 1 aromatic heterocycles. The van der Waals surface area contributed by atoms with Crippen LogP contribution in [0, 0.1) is 13.8 Å². The second kappa shape index (κ2) is 6.61. The van der Waals surface area contributed by atoms with Gasteiger partial charge in [-0.3, -0.25) is 9.78 Å². The first-order valence-corrected chi connectivity index (χ1v) is 7.06. The van der Waals surface area contributed by atoms with Crippen molar-refractivity contribution in [3.8, 4) is 5.75 Å². The number of carbonyl (C=O) groups excluding carboxylic acids is 1. The topological polar surface area (TPSA) is 51.7 Å². The Morgan fingerprint density at radius 1 is 1.25 bits per heavy atom. The van der Waals surface area contributed by atoms with Crippen molar-refractivity contribution in [1.29, 1.82) is 0 Å². The van der Waals surface area contributed by atoms with Crippen molar-refractivity contribution < 1.29 is 14.3 Å². The van der Waals surface area contributed by atoms with Crippen LogP contribution in [0.2, 0.25) is 10.0 Å². The molecule has 0 aliphatic carbocycles. The number of aromatic nitrogens is 1. The first kappa shape index (κ1) is 15.4. The van der Waals surface area contributed by atoms with Crippen LogP contribution in [-0.2, 0) is 9.53 Å². The number of ether oxygens (including phenoxy) is 2. The third-order valence-electron chi connectivity index (χ3n) is 3.07. The van der Waals surface area contributed by atoms with Gasteiger partial charge in [0.05, 0.1) is 24.6 Å². The van der Waals surface area contributed by atoms with Crippen molar-refractivity contribution in [3.63, 3.8) is 0 Å². The number of amides is 1. The van der Waals surface area contributed by atoms with Gasteiger partial charge < -0.3 is 14.4 Å². The lowest BCUT2D eigenvalue weighted by molar-refractivity contribution is -0.137. The molecule has 7 heteroatoms. The van der Waals surface area contributed by atoms with Gasteiger partial charge in [0.2, 0.25) is 0 Å². The quantitative estimate of drug-likeness (QED) is 0.857. The van der Waals surface area contributed by atoms with Crippen LogP contribution in [-0.4, -0.2) is 48.7 Å². The Hall–Kier alpha value is -1.04. The Bertz CT molecular complexity index is 491. The molecular formula is C13H16Cl2N2O3. The summed E-state index contributed by atoms with van der Waals surface area (Å²) in [6.45, 7) is 5.71. The highest BCUT2D eigenvalue weighted by atomic mass is 35.5. The van der Waals surface area contributed by atoms with E-state index < -0.39 is 0 Å². The van der Waals surface area contributed by atoms with Gasteiger partial charge in [-0.05, 0) is 13.8 Å². The highest BCUT2D eigenvalue weighted by Crippen LogP contribution is 2.36. The lowest BCUT2D eigenvalue weighted by Gasteiger charge is -2.26. The van der Waals surface area contributed by atoms with Crippen LogP contribution in [0.3, 0.4) is 0 Å². The van der Waals surface area contributed by atoms with Crippen molar-refractivity contribution >= 4 is 29.1 Å². The Kier molecular flexibility index (Phi) is 5.07. The van der Waals surface area contributed by atoms with Crippen LogP contribution in [0.5, 0.6) is 5.75 Å². The Balaban J connectivity index is 2.05. The van der Waals surface area contributed by atoms with Gasteiger partial charge in [-0.15, -0.1) is 0 Å². The molecule has 1 aliphatic heterocycles. The smallest absolute Gasteiger partial charge is 0.260 e. The lowest BCUT2D eigenvalue weighted by Crippen LogP contribution is -2.43. The summed E-state index contributed by atoms with van der Waals surface area (Å²) in [6, 6.07) is 0. The molecule has 1 aromatic rings. The minimum atomic E-state index is -0.104. The molecule has 1 aliphatic rings. The monoisotopic (exact) mass is 318 g/mol. The summed E-state index contributed by atoms with van der Waals surface area (Å²) < 4.78 is 10.7. The van der Waals surface area contributed by atoms with Crippen molar-refractivity contribution in [1.82, 2.24) is 9.88 Å². The predicted octanol–water partition coefficient (Wildman–Crippen LogP) is 2.24. The van der Waals surface area contributed by atoms with Crippen molar-refractivity contribution in [2.45, 2.75) is 13.8 Å². The summed E-state index contributed by atoms with van der Waals surface area (Å²) in [6.07, 6.45) is 0. The van der Waals surface area contributed by atoms with E-state index in [0.717, 1.165) is 0 Å². The summed E-state index contributed by atoms with van der Waals surface area (Å²) in [5.41, 5.74) is 1.25. The van der Waals surface area contributed by atoms with Gasteiger partial charge in [0.15, 0.2) is 12.4 Å². The van der Waals surface area contributed by atoms with Gasteiger partial charge in [0.1, 0.15) is 10.0 Å². The summed E-state index contributed by atoms with van der Waals surface area (Å²) >= 11 is 12.2. The number of hydrogen-bond acceptors (Lipinski definition) is 4. The minimum Gasteiger partial charge on any atom is -0.480 e. The van der Waals surface area contributed by atoms with Crippen LogP contribution < -0.4 is 4.74 Å². The summed E-state index contributed by atoms with van der Waals surface area (Å²) in [5, 5.41) is 0.686. The fourth-order valence-electron chi connectivity index (χ4n) is 1.94. The van der Waals surface area contributed by atoms with Gasteiger partial charge in [-0.2, -0.15) is 0 Å². The second-order valence-corrected chi connectivity index (χ2v) is 5.28. The summed E-state index contributed by atoms with van der Waals surface area (Å²) in [4.78, 5) is 17.9.